The number of hydrogen-bond acceptors (Lipinski definition) is 6. The molecular formula is C20H25N3O3S. The van der Waals surface area contributed by atoms with Gasteiger partial charge in [0, 0.05) is 12.6 Å². The molecule has 1 amide bonds. The second-order valence-electron chi connectivity index (χ2n) is 6.62. The minimum absolute atomic E-state index is 0.103. The van der Waals surface area contributed by atoms with Gasteiger partial charge in [0.1, 0.15) is 5.03 Å². The molecule has 0 unspecified atom stereocenters. The molecule has 1 aromatic heterocycles. The second-order valence-corrected chi connectivity index (χ2v) is 7.61. The average Bonchev–Trinajstić information content (AvgIpc) is 2.72. The van der Waals surface area contributed by atoms with Gasteiger partial charge < -0.3 is 9.64 Å². The number of likely N-dealkylation sites (N-methyl/N-ethyl adjacent to an activating group) is 1. The SMILES string of the molecule is CCN(C(=O)COC(=O)CSc1cnc2ccccc2n1)C1CCCCC1. The van der Waals surface area contributed by atoms with E-state index in [1.165, 1.54) is 18.2 Å². The Bertz CT molecular complexity index is 793. The topological polar surface area (TPSA) is 72.4 Å². The summed E-state index contributed by atoms with van der Waals surface area (Å²) in [5, 5.41) is 0.661. The molecule has 1 saturated carbocycles. The predicted octanol–water partition coefficient (Wildman–Crippen LogP) is 3.45. The number of amides is 1. The molecule has 3 rings (SSSR count). The van der Waals surface area contributed by atoms with Gasteiger partial charge in [0.05, 0.1) is 23.0 Å². The zero-order valence-corrected chi connectivity index (χ0v) is 16.4. The van der Waals surface area contributed by atoms with Gasteiger partial charge in [0.25, 0.3) is 5.91 Å². The molecule has 0 atom stereocenters. The molecule has 1 heterocycles. The molecule has 0 N–H and O–H groups in total. The van der Waals surface area contributed by atoms with Crippen molar-refractivity contribution in [1.29, 1.82) is 0 Å². The van der Waals surface area contributed by atoms with Crippen LogP contribution in [-0.2, 0) is 14.3 Å². The number of ether oxygens (including phenoxy) is 1. The summed E-state index contributed by atoms with van der Waals surface area (Å²) < 4.78 is 5.19. The van der Waals surface area contributed by atoms with Crippen molar-refractivity contribution in [2.75, 3.05) is 18.9 Å². The van der Waals surface area contributed by atoms with Crippen LogP contribution in [0.1, 0.15) is 39.0 Å². The number of esters is 1. The van der Waals surface area contributed by atoms with E-state index in [4.69, 9.17) is 4.74 Å². The molecule has 2 aromatic rings. The highest BCUT2D eigenvalue weighted by Gasteiger charge is 2.24. The first kappa shape index (κ1) is 19.6. The molecule has 1 fully saturated rings. The number of carbonyl (C=O) groups is 2. The van der Waals surface area contributed by atoms with E-state index in [0.717, 1.165) is 36.7 Å². The highest BCUT2D eigenvalue weighted by molar-refractivity contribution is 7.99. The summed E-state index contributed by atoms with van der Waals surface area (Å²) in [6.45, 7) is 2.44. The molecule has 1 aliphatic rings. The van der Waals surface area contributed by atoms with Crippen LogP contribution in [0.4, 0.5) is 0 Å². The largest absolute Gasteiger partial charge is 0.455 e. The maximum atomic E-state index is 12.4. The maximum Gasteiger partial charge on any atom is 0.316 e. The van der Waals surface area contributed by atoms with Crippen molar-refractivity contribution < 1.29 is 14.3 Å². The van der Waals surface area contributed by atoms with E-state index in [1.807, 2.05) is 36.1 Å². The van der Waals surface area contributed by atoms with Gasteiger partial charge in [0.2, 0.25) is 0 Å². The molecule has 0 spiro atoms. The van der Waals surface area contributed by atoms with Gasteiger partial charge in [0.15, 0.2) is 6.61 Å². The van der Waals surface area contributed by atoms with Crippen molar-refractivity contribution in [1.82, 2.24) is 14.9 Å². The lowest BCUT2D eigenvalue weighted by Gasteiger charge is -2.33. The summed E-state index contributed by atoms with van der Waals surface area (Å²) in [5.74, 6) is -0.410. The number of rotatable bonds is 7. The zero-order valence-electron chi connectivity index (χ0n) is 15.6. The summed E-state index contributed by atoms with van der Waals surface area (Å²) in [6.07, 6.45) is 7.31. The highest BCUT2D eigenvalue weighted by Crippen LogP contribution is 2.23. The molecule has 6 nitrogen and oxygen atoms in total. The van der Waals surface area contributed by atoms with Crippen LogP contribution in [0.15, 0.2) is 35.5 Å². The van der Waals surface area contributed by atoms with E-state index in [1.54, 1.807) is 6.20 Å². The molecule has 1 aliphatic carbocycles. The van der Waals surface area contributed by atoms with Crippen molar-refractivity contribution in [3.63, 3.8) is 0 Å². The molecular weight excluding hydrogens is 362 g/mol. The summed E-state index contributed by atoms with van der Waals surface area (Å²) in [7, 11) is 0. The summed E-state index contributed by atoms with van der Waals surface area (Å²) >= 11 is 1.26. The number of para-hydroxylation sites is 2. The Morgan fingerprint density at radius 2 is 1.93 bits per heavy atom. The van der Waals surface area contributed by atoms with Crippen molar-refractivity contribution >= 4 is 34.7 Å². The quantitative estimate of drug-likeness (QED) is 0.535. The van der Waals surface area contributed by atoms with Crippen molar-refractivity contribution in [2.24, 2.45) is 0 Å². The molecule has 0 saturated heterocycles. The van der Waals surface area contributed by atoms with Gasteiger partial charge in [-0.15, -0.1) is 0 Å². The van der Waals surface area contributed by atoms with Crippen molar-refractivity contribution in [3.05, 3.63) is 30.5 Å². The molecule has 7 heteroatoms. The van der Waals surface area contributed by atoms with Crippen LogP contribution in [0.25, 0.3) is 11.0 Å². The number of benzene rings is 1. The monoisotopic (exact) mass is 387 g/mol. The smallest absolute Gasteiger partial charge is 0.316 e. The second kappa shape index (κ2) is 9.69. The fraction of sp³-hybridized carbons (Fsp3) is 0.500. The number of hydrogen-bond donors (Lipinski definition) is 0. The third kappa shape index (κ3) is 5.42. The van der Waals surface area contributed by atoms with Gasteiger partial charge in [-0.2, -0.15) is 0 Å². The van der Waals surface area contributed by atoms with Crippen LogP contribution in [0.3, 0.4) is 0 Å². The van der Waals surface area contributed by atoms with Crippen LogP contribution in [0.2, 0.25) is 0 Å². The van der Waals surface area contributed by atoms with Gasteiger partial charge >= 0.3 is 5.97 Å². The molecule has 0 radical (unpaired) electrons. The lowest BCUT2D eigenvalue weighted by atomic mass is 9.94. The number of nitrogens with zero attached hydrogens (tertiary/aromatic N) is 3. The van der Waals surface area contributed by atoms with Crippen molar-refractivity contribution in [2.45, 2.75) is 50.1 Å². The molecule has 0 aliphatic heterocycles. The minimum Gasteiger partial charge on any atom is -0.455 e. The lowest BCUT2D eigenvalue weighted by molar-refractivity contribution is -0.151. The Hall–Kier alpha value is -2.15. The van der Waals surface area contributed by atoms with Crippen LogP contribution < -0.4 is 0 Å². The van der Waals surface area contributed by atoms with Crippen LogP contribution >= 0.6 is 11.8 Å². The number of aromatic nitrogens is 2. The Morgan fingerprint density at radius 1 is 1.19 bits per heavy atom. The standard InChI is InChI=1S/C20H25N3O3S/c1-2-23(15-8-4-3-5-9-15)19(24)13-26-20(25)14-27-18-12-21-16-10-6-7-11-17(16)22-18/h6-7,10-12,15H,2-5,8-9,13-14H2,1H3. The van der Waals surface area contributed by atoms with Crippen LogP contribution in [0, 0.1) is 0 Å². The molecule has 27 heavy (non-hydrogen) atoms. The molecule has 0 bridgehead atoms. The van der Waals surface area contributed by atoms with E-state index in [2.05, 4.69) is 9.97 Å². The van der Waals surface area contributed by atoms with Crippen LogP contribution in [-0.4, -0.2) is 51.7 Å². The molecule has 1 aromatic carbocycles. The Morgan fingerprint density at radius 3 is 2.67 bits per heavy atom. The van der Waals surface area contributed by atoms with E-state index < -0.39 is 5.97 Å². The fourth-order valence-electron chi connectivity index (χ4n) is 3.44. The lowest BCUT2D eigenvalue weighted by Crippen LogP contribution is -2.43. The third-order valence-corrected chi connectivity index (χ3v) is 5.67. The summed E-state index contributed by atoms with van der Waals surface area (Å²) in [5.41, 5.74) is 1.61. The Balaban J connectivity index is 1.46. The van der Waals surface area contributed by atoms with Crippen LogP contribution in [0.5, 0.6) is 0 Å². The van der Waals surface area contributed by atoms with Gasteiger partial charge in [-0.1, -0.05) is 43.2 Å². The fourth-order valence-corrected chi connectivity index (χ4v) is 4.08. The summed E-state index contributed by atoms with van der Waals surface area (Å²) in [6, 6.07) is 7.87. The zero-order chi connectivity index (χ0) is 19.1. The first-order valence-electron chi connectivity index (χ1n) is 9.47. The Kier molecular flexibility index (Phi) is 7.04. The maximum absolute atomic E-state index is 12.4. The predicted molar refractivity (Wildman–Crippen MR) is 105 cm³/mol. The van der Waals surface area contributed by atoms with Gasteiger partial charge in [-0.05, 0) is 31.9 Å². The first-order valence-corrected chi connectivity index (χ1v) is 10.5. The molecule has 144 valence electrons. The summed E-state index contributed by atoms with van der Waals surface area (Å²) in [4.78, 5) is 35.1. The number of thioether (sulfide) groups is 1. The number of carbonyl (C=O) groups excluding carboxylic acids is 2. The minimum atomic E-state index is -0.414. The van der Waals surface area contributed by atoms with Gasteiger partial charge in [-0.3, -0.25) is 14.6 Å². The van der Waals surface area contributed by atoms with E-state index in [0.29, 0.717) is 11.6 Å². The van der Waals surface area contributed by atoms with E-state index in [9.17, 15) is 9.59 Å². The highest BCUT2D eigenvalue weighted by atomic mass is 32.2. The normalized spacial score (nSPS) is 14.9. The van der Waals surface area contributed by atoms with E-state index >= 15 is 0 Å². The third-order valence-electron chi connectivity index (χ3n) is 4.80. The van der Waals surface area contributed by atoms with E-state index in [-0.39, 0.29) is 24.3 Å². The van der Waals surface area contributed by atoms with Gasteiger partial charge in [-0.25, -0.2) is 4.98 Å². The average molecular weight is 388 g/mol. The van der Waals surface area contributed by atoms with Crippen molar-refractivity contribution in [3.8, 4) is 0 Å². The first-order chi connectivity index (χ1) is 13.2. The number of fused-ring (bicyclic) bond motifs is 1. The Labute approximate surface area is 163 Å².